The van der Waals surface area contributed by atoms with Gasteiger partial charge in [-0.05, 0) is 18.6 Å². The zero-order chi connectivity index (χ0) is 10.7. The van der Waals surface area contributed by atoms with Crippen LogP contribution in [0.1, 0.15) is 18.0 Å². The molecule has 0 radical (unpaired) electrons. The lowest BCUT2D eigenvalue weighted by Gasteiger charge is -2.14. The van der Waals surface area contributed by atoms with Crippen molar-refractivity contribution in [3.8, 4) is 5.75 Å². The van der Waals surface area contributed by atoms with Crippen molar-refractivity contribution >= 4 is 11.6 Å². The van der Waals surface area contributed by atoms with Crippen molar-refractivity contribution in [2.75, 3.05) is 6.61 Å². The highest BCUT2D eigenvalue weighted by Gasteiger charge is 2.17. The van der Waals surface area contributed by atoms with Gasteiger partial charge in [0, 0.05) is 23.2 Å². The van der Waals surface area contributed by atoms with Gasteiger partial charge >= 0.3 is 0 Å². The maximum atomic E-state index is 12.9. The number of nitrogens with two attached hydrogens (primary N) is 1. The quantitative estimate of drug-likeness (QED) is 0.723. The van der Waals surface area contributed by atoms with E-state index in [1.807, 2.05) is 0 Å². The summed E-state index contributed by atoms with van der Waals surface area (Å²) in [6.07, 6.45) is 0.219. The number of phenolic OH excluding ortho intramolecular Hbond substituents is 1. The van der Waals surface area contributed by atoms with Gasteiger partial charge in [-0.25, -0.2) is 4.39 Å². The third kappa shape index (κ3) is 2.15. The van der Waals surface area contributed by atoms with Crippen LogP contribution < -0.4 is 5.73 Å². The SMILES string of the molecule is N[C@@H](CCO)c1c(Cl)ccc(F)c1O. The Morgan fingerprint density at radius 2 is 2.14 bits per heavy atom. The third-order valence-electron chi connectivity index (χ3n) is 1.93. The van der Waals surface area contributed by atoms with Gasteiger partial charge in [-0.3, -0.25) is 0 Å². The predicted octanol–water partition coefficient (Wildman–Crippen LogP) is 1.57. The molecule has 0 bridgehead atoms. The molecule has 1 aromatic rings. The van der Waals surface area contributed by atoms with Crippen molar-refractivity contribution in [3.63, 3.8) is 0 Å². The zero-order valence-electron chi connectivity index (χ0n) is 7.37. The molecular weight excluding hydrogens is 209 g/mol. The number of hydrogen-bond donors (Lipinski definition) is 3. The fourth-order valence-corrected chi connectivity index (χ4v) is 1.49. The molecule has 0 fully saturated rings. The molecule has 78 valence electrons. The lowest BCUT2D eigenvalue weighted by Crippen LogP contribution is -2.13. The van der Waals surface area contributed by atoms with Crippen LogP contribution in [0.2, 0.25) is 5.02 Å². The first-order chi connectivity index (χ1) is 6.57. The van der Waals surface area contributed by atoms with E-state index in [4.69, 9.17) is 22.4 Å². The summed E-state index contributed by atoms with van der Waals surface area (Å²) in [5.41, 5.74) is 5.74. The molecule has 0 aliphatic carbocycles. The highest BCUT2D eigenvalue weighted by molar-refractivity contribution is 6.31. The molecule has 5 heteroatoms. The molecule has 1 atom stereocenters. The number of rotatable bonds is 3. The van der Waals surface area contributed by atoms with Crippen molar-refractivity contribution in [3.05, 3.63) is 28.5 Å². The van der Waals surface area contributed by atoms with Gasteiger partial charge in [-0.2, -0.15) is 0 Å². The van der Waals surface area contributed by atoms with Crippen LogP contribution in [0.4, 0.5) is 4.39 Å². The van der Waals surface area contributed by atoms with Gasteiger partial charge < -0.3 is 15.9 Å². The fourth-order valence-electron chi connectivity index (χ4n) is 1.19. The maximum absolute atomic E-state index is 12.9. The second-order valence-electron chi connectivity index (χ2n) is 2.91. The molecule has 0 aliphatic heterocycles. The van der Waals surface area contributed by atoms with Crippen LogP contribution in [-0.4, -0.2) is 16.8 Å². The third-order valence-corrected chi connectivity index (χ3v) is 2.26. The Morgan fingerprint density at radius 3 is 2.71 bits per heavy atom. The second kappa shape index (κ2) is 4.59. The molecule has 0 aromatic heterocycles. The van der Waals surface area contributed by atoms with E-state index in [-0.39, 0.29) is 23.6 Å². The molecule has 1 rings (SSSR count). The summed E-state index contributed by atoms with van der Waals surface area (Å²) in [6.45, 7) is -0.145. The summed E-state index contributed by atoms with van der Waals surface area (Å²) in [5.74, 6) is -1.31. The average Bonchev–Trinajstić information content (AvgIpc) is 2.13. The standard InChI is InChI=1S/C9H11ClFNO2/c10-5-1-2-6(11)9(14)8(5)7(12)3-4-13/h1-2,7,13-14H,3-4,12H2/t7-/m0/s1. The first-order valence-corrected chi connectivity index (χ1v) is 4.49. The molecule has 14 heavy (non-hydrogen) atoms. The van der Waals surface area contributed by atoms with Gasteiger partial charge in [-0.15, -0.1) is 0 Å². The first-order valence-electron chi connectivity index (χ1n) is 4.11. The Kier molecular flexibility index (Phi) is 3.69. The molecule has 0 saturated carbocycles. The van der Waals surface area contributed by atoms with Crippen LogP contribution >= 0.6 is 11.6 Å². The fraction of sp³-hybridized carbons (Fsp3) is 0.333. The molecular formula is C9H11ClFNO2. The van der Waals surface area contributed by atoms with Crippen LogP contribution in [0.15, 0.2) is 12.1 Å². The largest absolute Gasteiger partial charge is 0.505 e. The molecule has 0 spiro atoms. The lowest BCUT2D eigenvalue weighted by molar-refractivity contribution is 0.275. The van der Waals surface area contributed by atoms with Crippen molar-refractivity contribution in [1.29, 1.82) is 0 Å². The minimum absolute atomic E-state index is 0.140. The molecule has 0 saturated heterocycles. The predicted molar refractivity (Wildman–Crippen MR) is 51.7 cm³/mol. The Morgan fingerprint density at radius 1 is 1.50 bits per heavy atom. The summed E-state index contributed by atoms with van der Waals surface area (Å²) < 4.78 is 12.9. The minimum Gasteiger partial charge on any atom is -0.505 e. The lowest BCUT2D eigenvalue weighted by atomic mass is 10.0. The smallest absolute Gasteiger partial charge is 0.165 e. The summed E-state index contributed by atoms with van der Waals surface area (Å²) in [5, 5.41) is 18.2. The molecule has 1 aromatic carbocycles. The van der Waals surface area contributed by atoms with E-state index in [1.165, 1.54) is 6.07 Å². The summed E-state index contributed by atoms with van der Waals surface area (Å²) in [6, 6.07) is 1.72. The van der Waals surface area contributed by atoms with Crippen LogP contribution in [0.3, 0.4) is 0 Å². The van der Waals surface area contributed by atoms with E-state index in [2.05, 4.69) is 0 Å². The number of aliphatic hydroxyl groups is 1. The van der Waals surface area contributed by atoms with Crippen LogP contribution in [0.5, 0.6) is 5.75 Å². The summed E-state index contributed by atoms with van der Waals surface area (Å²) in [4.78, 5) is 0. The molecule has 0 amide bonds. The van der Waals surface area contributed by atoms with E-state index in [1.54, 1.807) is 0 Å². The van der Waals surface area contributed by atoms with Crippen LogP contribution in [-0.2, 0) is 0 Å². The van der Waals surface area contributed by atoms with Crippen LogP contribution in [0.25, 0.3) is 0 Å². The average molecular weight is 220 g/mol. The van der Waals surface area contributed by atoms with Gasteiger partial charge in [0.15, 0.2) is 11.6 Å². The maximum Gasteiger partial charge on any atom is 0.165 e. The number of benzene rings is 1. The number of halogens is 2. The Hall–Kier alpha value is -0.840. The summed E-state index contributed by atoms with van der Waals surface area (Å²) >= 11 is 5.74. The normalized spacial score (nSPS) is 12.9. The van der Waals surface area contributed by atoms with Crippen molar-refractivity contribution in [1.82, 2.24) is 0 Å². The van der Waals surface area contributed by atoms with Crippen molar-refractivity contribution in [2.45, 2.75) is 12.5 Å². The molecule has 4 N–H and O–H groups in total. The number of aliphatic hydroxyl groups excluding tert-OH is 1. The van der Waals surface area contributed by atoms with Gasteiger partial charge in [0.2, 0.25) is 0 Å². The highest BCUT2D eigenvalue weighted by atomic mass is 35.5. The van der Waals surface area contributed by atoms with E-state index < -0.39 is 17.6 Å². The molecule has 3 nitrogen and oxygen atoms in total. The Bertz CT molecular complexity index is 333. The molecule has 0 unspecified atom stereocenters. The summed E-state index contributed by atoms with van der Waals surface area (Å²) in [7, 11) is 0. The number of phenols is 1. The molecule has 0 aliphatic rings. The molecule has 0 heterocycles. The number of hydrogen-bond acceptors (Lipinski definition) is 3. The van der Waals surface area contributed by atoms with E-state index in [9.17, 15) is 9.50 Å². The van der Waals surface area contributed by atoms with E-state index in [0.29, 0.717) is 0 Å². The number of aromatic hydroxyl groups is 1. The topological polar surface area (TPSA) is 66.5 Å². The minimum atomic E-state index is -0.766. The van der Waals surface area contributed by atoms with Crippen molar-refractivity contribution < 1.29 is 14.6 Å². The van der Waals surface area contributed by atoms with E-state index >= 15 is 0 Å². The van der Waals surface area contributed by atoms with Crippen molar-refractivity contribution in [2.24, 2.45) is 5.73 Å². The van der Waals surface area contributed by atoms with Gasteiger partial charge in [0.05, 0.1) is 0 Å². The monoisotopic (exact) mass is 219 g/mol. The Balaban J connectivity index is 3.11. The second-order valence-corrected chi connectivity index (χ2v) is 3.32. The van der Waals surface area contributed by atoms with Crippen LogP contribution in [0, 0.1) is 5.82 Å². The van der Waals surface area contributed by atoms with Gasteiger partial charge in [0.1, 0.15) is 0 Å². The zero-order valence-corrected chi connectivity index (χ0v) is 8.13. The van der Waals surface area contributed by atoms with Gasteiger partial charge in [0.25, 0.3) is 0 Å². The van der Waals surface area contributed by atoms with E-state index in [0.717, 1.165) is 6.07 Å². The van der Waals surface area contributed by atoms with Gasteiger partial charge in [-0.1, -0.05) is 11.6 Å². The highest BCUT2D eigenvalue weighted by Crippen LogP contribution is 2.33. The Labute approximate surface area is 85.9 Å². The first kappa shape index (κ1) is 11.2.